The molecule has 1 N–H and O–H groups in total. The highest BCUT2D eigenvalue weighted by Gasteiger charge is 2.39. The zero-order valence-electron chi connectivity index (χ0n) is 65.5. The van der Waals surface area contributed by atoms with Gasteiger partial charge in [0.15, 0.2) is 0 Å². The van der Waals surface area contributed by atoms with E-state index in [1.165, 1.54) is 0 Å². The number of hydrogen-bond acceptors (Lipinski definition) is 39. The number of hydrogen-bond donors (Lipinski definition) is 1. The fourth-order valence-corrected chi connectivity index (χ4v) is 10.7. The molecule has 0 atom stereocenters. The van der Waals surface area contributed by atoms with Crippen molar-refractivity contribution in [1.29, 1.82) is 0 Å². The molecule has 6 aliphatic heterocycles. The zero-order chi connectivity index (χ0) is 87.1. The maximum atomic E-state index is 12.3. The first kappa shape index (κ1) is 98.1. The van der Waals surface area contributed by atoms with E-state index in [0.717, 1.165) is 0 Å². The van der Waals surface area contributed by atoms with Gasteiger partial charge in [-0.3, -0.25) is 86.3 Å². The van der Waals surface area contributed by atoms with Crippen LogP contribution in [0.2, 0.25) is 0 Å². The van der Waals surface area contributed by atoms with Gasteiger partial charge in [-0.1, -0.05) is 0 Å². The summed E-state index contributed by atoms with van der Waals surface area (Å²) in [7, 11) is 0. The predicted octanol–water partition coefficient (Wildman–Crippen LogP) is -0.264. The van der Waals surface area contributed by atoms with Gasteiger partial charge in [-0.2, -0.15) is 0 Å². The van der Waals surface area contributed by atoms with Crippen molar-refractivity contribution in [2.45, 2.75) is 212 Å². The number of hydroxylamine groups is 12. The lowest BCUT2D eigenvalue weighted by Gasteiger charge is -2.33. The van der Waals surface area contributed by atoms with Crippen LogP contribution in [0.5, 0.6) is 0 Å². The third kappa shape index (κ3) is 38.6. The Morgan fingerprint density at radius 1 is 0.227 bits per heavy atom. The number of carbonyl (C=O) groups excluding carboxylic acids is 24. The number of nitrogens with zero attached hydrogens (tertiary/aromatic N) is 6. The lowest BCUT2D eigenvalue weighted by molar-refractivity contribution is -0.197. The molecule has 0 aromatic carbocycles. The zero-order valence-corrected chi connectivity index (χ0v) is 65.5. The van der Waals surface area contributed by atoms with Crippen LogP contribution < -0.4 is 5.32 Å². The van der Waals surface area contributed by atoms with Crippen LogP contribution in [0.3, 0.4) is 0 Å². The standard InChI is InChI=1S/C49H64N4O28.C24H33N3O11/c54-33-5-6-34(55)50(33)78-45(66)17-13-41(62)74-25-1-21-70-29-49(30-71-22-2-26-75-42(63)14-18-46(67)79-51-35(56)7-8-36(51)57,31-72-23-3-27-76-43(64)15-19-47(68)80-52-37(58)9-10-38(52)59)32-73-24-4-28-77-44(65)16-20-48(69)81-53-39(60)11-12-40(53)61;28-17(6-3-8-23(34)37-26-19(30)10-11-20(26)31)5-1-2-15-36-16-14-25-18(29)7-4-9-24(35)38-27-21(32)12-13-22(27)33/h1-32H2;1-16H2,(H,25,29). The van der Waals surface area contributed by atoms with Crippen molar-refractivity contribution in [2.24, 2.45) is 5.41 Å². The minimum atomic E-state index is -1.13. The Morgan fingerprint density at radius 2 is 0.445 bits per heavy atom. The molecule has 0 saturated carbocycles. The highest BCUT2D eigenvalue weighted by Crippen LogP contribution is 2.24. The molecule has 0 bridgehead atoms. The molecule has 46 heteroatoms. The van der Waals surface area contributed by atoms with E-state index < -0.39 is 187 Å². The molecule has 0 aliphatic carbocycles. The minimum absolute atomic E-state index is 0.00726. The molecule has 0 spiro atoms. The Morgan fingerprint density at radius 3 is 0.706 bits per heavy atom. The average Bonchev–Trinajstić information content (AvgIpc) is 1.86. The van der Waals surface area contributed by atoms with Crippen LogP contribution in [0.25, 0.3) is 0 Å². The van der Waals surface area contributed by atoms with Gasteiger partial charge >= 0.3 is 59.7 Å². The van der Waals surface area contributed by atoms with Gasteiger partial charge in [-0.05, 0) is 25.7 Å². The smallest absolute Gasteiger partial charge is 0.333 e. The first-order valence-electron chi connectivity index (χ1n) is 38.6. The fourth-order valence-electron chi connectivity index (χ4n) is 10.7. The highest BCUT2D eigenvalue weighted by atomic mass is 16.8. The largest absolute Gasteiger partial charge is 0.466 e. The van der Waals surface area contributed by atoms with Gasteiger partial charge in [0.1, 0.15) is 5.78 Å². The summed E-state index contributed by atoms with van der Waals surface area (Å²) in [5.41, 5.74) is -1.13. The van der Waals surface area contributed by atoms with E-state index >= 15 is 0 Å². The van der Waals surface area contributed by atoms with Crippen LogP contribution in [0.1, 0.15) is 212 Å². The van der Waals surface area contributed by atoms with Crippen molar-refractivity contribution in [3.8, 4) is 0 Å². The van der Waals surface area contributed by atoms with Crippen LogP contribution in [0.15, 0.2) is 0 Å². The Hall–Kier alpha value is -11.5. The number of imide groups is 6. The molecule has 0 unspecified atom stereocenters. The molecule has 6 fully saturated rings. The molecule has 0 aromatic heterocycles. The second kappa shape index (κ2) is 53.7. The molecular formula is C73H97N7O39. The van der Waals surface area contributed by atoms with Crippen LogP contribution in [-0.4, -0.2) is 272 Å². The molecule has 6 saturated heterocycles. The van der Waals surface area contributed by atoms with Gasteiger partial charge in [0.25, 0.3) is 70.9 Å². The van der Waals surface area contributed by atoms with Crippen molar-refractivity contribution in [2.75, 3.05) is 99.0 Å². The molecule has 658 valence electrons. The Balaban J connectivity index is 0.000000552. The number of Topliss-reactive ketones (excluding diaryl/α,β-unsaturated/α-hetero) is 1. The first-order valence-corrected chi connectivity index (χ1v) is 38.6. The number of amides is 13. The van der Waals surface area contributed by atoms with Crippen molar-refractivity contribution >= 4 is 142 Å². The van der Waals surface area contributed by atoms with Crippen molar-refractivity contribution < 1.29 is 187 Å². The SMILES string of the molecule is O=C(CCC(=O)ON1C(=O)CCC1=O)OCCCOCC(COCCCOC(=O)CCC(=O)ON1C(=O)CCC1=O)(COCCCOC(=O)CCC(=O)ON1C(=O)CCC1=O)COCCCOC(=O)CCC(=O)ON1C(=O)CCC1=O.O=C(CCCCOCCNC(=O)CCCC(=O)ON1C(=O)CCC1=O)CCCC(=O)ON1C(=O)CCC1=O. The number of rotatable bonds is 58. The average molecular weight is 1700 g/mol. The fraction of sp³-hybridized carbons (Fsp3) is 0.671. The van der Waals surface area contributed by atoms with E-state index in [-0.39, 0.29) is 245 Å². The van der Waals surface area contributed by atoms with E-state index in [1.54, 1.807) is 0 Å². The van der Waals surface area contributed by atoms with Crippen molar-refractivity contribution in [3.05, 3.63) is 0 Å². The molecule has 6 heterocycles. The number of esters is 4. The van der Waals surface area contributed by atoms with Gasteiger partial charge in [-0.15, -0.1) is 30.4 Å². The quantitative estimate of drug-likeness (QED) is 0.0354. The van der Waals surface area contributed by atoms with Crippen LogP contribution >= 0.6 is 0 Å². The lowest BCUT2D eigenvalue weighted by Crippen LogP contribution is -2.42. The van der Waals surface area contributed by atoms with E-state index in [0.29, 0.717) is 56.2 Å². The third-order valence-corrected chi connectivity index (χ3v) is 16.9. The summed E-state index contributed by atoms with van der Waals surface area (Å²) in [6.45, 7) is -0.164. The van der Waals surface area contributed by atoms with Gasteiger partial charge in [0.05, 0.1) is 116 Å². The van der Waals surface area contributed by atoms with Crippen molar-refractivity contribution in [3.63, 3.8) is 0 Å². The van der Waals surface area contributed by atoms with Gasteiger partial charge < -0.3 is 77.0 Å². The summed E-state index contributed by atoms with van der Waals surface area (Å²) in [5, 5.41) is 5.04. The molecule has 6 aliphatic rings. The molecule has 6 rings (SSSR count). The summed E-state index contributed by atoms with van der Waals surface area (Å²) in [6, 6.07) is 0. The van der Waals surface area contributed by atoms with Crippen LogP contribution in [-0.2, 0) is 187 Å². The molecule has 0 radical (unpaired) electrons. The van der Waals surface area contributed by atoms with Crippen molar-refractivity contribution in [1.82, 2.24) is 35.7 Å². The Labute approximate surface area is 678 Å². The Kier molecular flexibility index (Phi) is 44.3. The summed E-state index contributed by atoms with van der Waals surface area (Å²) >= 11 is 0. The van der Waals surface area contributed by atoms with E-state index in [1.807, 2.05) is 0 Å². The maximum absolute atomic E-state index is 12.3. The maximum Gasteiger partial charge on any atom is 0.333 e. The normalized spacial score (nSPS) is 15.4. The third-order valence-electron chi connectivity index (χ3n) is 16.9. The number of nitrogens with one attached hydrogen (secondary N) is 1. The molecular weight excluding hydrogens is 1600 g/mol. The van der Waals surface area contributed by atoms with E-state index in [9.17, 15) is 115 Å². The second-order valence-corrected chi connectivity index (χ2v) is 26.9. The summed E-state index contributed by atoms with van der Waals surface area (Å²) in [6.07, 6.45) is -1.54. The van der Waals surface area contributed by atoms with Gasteiger partial charge in [0.2, 0.25) is 5.91 Å². The topological polar surface area (TPSA) is 580 Å². The van der Waals surface area contributed by atoms with Crippen LogP contribution in [0.4, 0.5) is 0 Å². The van der Waals surface area contributed by atoms with E-state index in [2.05, 4.69) is 5.32 Å². The van der Waals surface area contributed by atoms with Gasteiger partial charge in [-0.25, -0.2) is 28.8 Å². The summed E-state index contributed by atoms with van der Waals surface area (Å²) in [4.78, 5) is 312. The number of carbonyl (C=O) groups is 24. The monoisotopic (exact) mass is 1700 g/mol. The Bertz CT molecular complexity index is 3200. The summed E-state index contributed by atoms with van der Waals surface area (Å²) in [5.74, 6) is -16.5. The summed E-state index contributed by atoms with van der Waals surface area (Å²) < 4.78 is 50.0. The minimum Gasteiger partial charge on any atom is -0.466 e. The molecule has 13 amide bonds. The second-order valence-electron chi connectivity index (χ2n) is 26.9. The molecule has 46 nitrogen and oxygen atoms in total. The number of ether oxygens (including phenoxy) is 9. The number of ketones is 1. The first-order chi connectivity index (χ1) is 56.9. The molecule has 0 aromatic rings. The highest BCUT2D eigenvalue weighted by molar-refractivity contribution is 6.05. The molecule has 119 heavy (non-hydrogen) atoms. The number of unbranched alkanes of at least 4 members (excludes halogenated alkanes) is 1. The van der Waals surface area contributed by atoms with Crippen LogP contribution in [0, 0.1) is 5.41 Å². The van der Waals surface area contributed by atoms with Gasteiger partial charge in [0, 0.05) is 174 Å². The lowest BCUT2D eigenvalue weighted by atomic mass is 9.92. The van der Waals surface area contributed by atoms with E-state index in [4.69, 9.17) is 71.7 Å². The predicted molar refractivity (Wildman–Crippen MR) is 378 cm³/mol.